The Morgan fingerprint density at radius 3 is 2.12 bits per heavy atom. The van der Waals surface area contributed by atoms with Crippen LogP contribution in [0.2, 0.25) is 0 Å². The van der Waals surface area contributed by atoms with Crippen molar-refractivity contribution in [1.82, 2.24) is 0 Å². The lowest BCUT2D eigenvalue weighted by Gasteiger charge is -2.42. The van der Waals surface area contributed by atoms with Crippen molar-refractivity contribution in [2.24, 2.45) is 5.92 Å². The number of phenols is 1. The van der Waals surface area contributed by atoms with Gasteiger partial charge in [0.05, 0.1) is 38.6 Å². The first-order valence-electron chi connectivity index (χ1n) is 15.2. The fourth-order valence-electron chi connectivity index (χ4n) is 5.47. The lowest BCUT2D eigenvalue weighted by atomic mass is 9.86. The Hall–Kier alpha value is -3.20. The average molecular weight is 687 g/mol. The Morgan fingerprint density at radius 2 is 1.50 bits per heavy atom. The number of methoxy groups -OCH3 is 1. The molecular weight excluding hydrogens is 644 g/mol. The molecule has 3 heterocycles. The largest absolute Gasteiger partial charge is 0.508 e. The number of benzene rings is 1. The standard InChI is InChI=1S/C31H42O17/c1-3-16-17(18(28(41)42-2)12-45-29(16)48-31-27(40)24(37)22(35)19(11-32)46-31)10-21(34)44-13-20-23(36)25(38)26(39)30(47-20)43-9-8-14-4-6-15(33)7-5-14/h3-7,12,17,19-20,22-27,29-33,35-40H,8-11,13H2,1-2H3/b16-3+. The fourth-order valence-corrected chi connectivity index (χ4v) is 5.47. The van der Waals surface area contributed by atoms with Crippen molar-refractivity contribution >= 4 is 11.9 Å². The summed E-state index contributed by atoms with van der Waals surface area (Å²) in [5.74, 6) is -2.69. The number of aromatic hydroxyl groups is 1. The van der Waals surface area contributed by atoms with Gasteiger partial charge in [0.1, 0.15) is 61.2 Å². The average Bonchev–Trinajstić information content (AvgIpc) is 3.08. The van der Waals surface area contributed by atoms with Crippen molar-refractivity contribution in [2.45, 2.75) is 87.5 Å². The molecule has 3 aliphatic heterocycles. The maximum Gasteiger partial charge on any atom is 0.337 e. The molecule has 1 aromatic carbocycles. The van der Waals surface area contributed by atoms with Crippen LogP contribution in [-0.2, 0) is 49.2 Å². The van der Waals surface area contributed by atoms with E-state index in [1.165, 1.54) is 18.2 Å². The van der Waals surface area contributed by atoms with Gasteiger partial charge in [-0.05, 0) is 31.0 Å². The Morgan fingerprint density at radius 1 is 0.875 bits per heavy atom. The quantitative estimate of drug-likeness (QED) is 0.0834. The first kappa shape index (κ1) is 37.6. The molecule has 4 rings (SSSR count). The fraction of sp³-hybridized carbons (Fsp3) is 0.613. The highest BCUT2D eigenvalue weighted by Crippen LogP contribution is 2.36. The predicted molar refractivity (Wildman–Crippen MR) is 157 cm³/mol. The Balaban J connectivity index is 1.39. The summed E-state index contributed by atoms with van der Waals surface area (Å²) in [5.41, 5.74) is 0.922. The minimum Gasteiger partial charge on any atom is -0.508 e. The molecule has 2 saturated heterocycles. The van der Waals surface area contributed by atoms with Crippen LogP contribution in [-0.4, -0.2) is 147 Å². The van der Waals surface area contributed by atoms with Crippen molar-refractivity contribution in [2.75, 3.05) is 26.9 Å². The van der Waals surface area contributed by atoms with E-state index in [2.05, 4.69) is 0 Å². The molecule has 17 heteroatoms. The van der Waals surface area contributed by atoms with Gasteiger partial charge in [-0.25, -0.2) is 4.79 Å². The summed E-state index contributed by atoms with van der Waals surface area (Å²) in [6.45, 7) is 0.335. The minimum absolute atomic E-state index is 0.0483. The van der Waals surface area contributed by atoms with Crippen molar-refractivity contribution < 1.29 is 83.6 Å². The molecule has 17 nitrogen and oxygen atoms in total. The molecule has 1 aromatic rings. The topological polar surface area (TPSA) is 261 Å². The number of phenolic OH excluding ortho intramolecular Hbond substituents is 1. The molecule has 8 N–H and O–H groups in total. The zero-order valence-electron chi connectivity index (χ0n) is 26.2. The first-order chi connectivity index (χ1) is 22.9. The van der Waals surface area contributed by atoms with Crippen LogP contribution in [0.25, 0.3) is 0 Å². The van der Waals surface area contributed by atoms with Crippen molar-refractivity contribution in [3.63, 3.8) is 0 Å². The Kier molecular flexibility index (Phi) is 13.3. The van der Waals surface area contributed by atoms with Gasteiger partial charge in [0.25, 0.3) is 0 Å². The van der Waals surface area contributed by atoms with Gasteiger partial charge in [-0.3, -0.25) is 4.79 Å². The molecule has 2 fully saturated rings. The van der Waals surface area contributed by atoms with Gasteiger partial charge >= 0.3 is 11.9 Å². The van der Waals surface area contributed by atoms with E-state index in [1.54, 1.807) is 19.1 Å². The molecule has 0 saturated carbocycles. The number of aliphatic hydroxyl groups is 7. The third-order valence-corrected chi connectivity index (χ3v) is 8.29. The summed E-state index contributed by atoms with van der Waals surface area (Å²) in [6, 6.07) is 6.37. The minimum atomic E-state index is -1.75. The van der Waals surface area contributed by atoms with Gasteiger partial charge in [0, 0.05) is 11.5 Å². The van der Waals surface area contributed by atoms with Crippen LogP contribution in [0.3, 0.4) is 0 Å². The number of esters is 2. The highest BCUT2D eigenvalue weighted by atomic mass is 16.8. The summed E-state index contributed by atoms with van der Waals surface area (Å²) >= 11 is 0. The molecule has 12 atom stereocenters. The second kappa shape index (κ2) is 17.0. The Labute approximate surface area is 275 Å². The molecular formula is C31H42O17. The van der Waals surface area contributed by atoms with E-state index in [9.17, 15) is 50.4 Å². The van der Waals surface area contributed by atoms with Crippen LogP contribution in [0.4, 0.5) is 0 Å². The van der Waals surface area contributed by atoms with Crippen LogP contribution in [0.15, 0.2) is 47.7 Å². The number of ether oxygens (including phenoxy) is 7. The molecule has 48 heavy (non-hydrogen) atoms. The zero-order chi connectivity index (χ0) is 35.1. The highest BCUT2D eigenvalue weighted by Gasteiger charge is 2.48. The van der Waals surface area contributed by atoms with Crippen LogP contribution in [0, 0.1) is 5.92 Å². The summed E-state index contributed by atoms with van der Waals surface area (Å²) < 4.78 is 38.0. The molecule has 3 aliphatic rings. The molecule has 268 valence electrons. The van der Waals surface area contributed by atoms with Crippen LogP contribution >= 0.6 is 0 Å². The maximum atomic E-state index is 13.1. The third kappa shape index (κ3) is 8.68. The summed E-state index contributed by atoms with van der Waals surface area (Å²) in [6.07, 6.45) is -14.6. The van der Waals surface area contributed by atoms with Gasteiger partial charge in [-0.1, -0.05) is 18.2 Å². The first-order valence-corrected chi connectivity index (χ1v) is 15.2. The Bertz CT molecular complexity index is 1280. The lowest BCUT2D eigenvalue weighted by Crippen LogP contribution is -2.60. The van der Waals surface area contributed by atoms with E-state index in [4.69, 9.17) is 33.2 Å². The van der Waals surface area contributed by atoms with Crippen molar-refractivity contribution in [3.8, 4) is 5.75 Å². The second-order valence-electron chi connectivity index (χ2n) is 11.4. The van der Waals surface area contributed by atoms with E-state index in [1.807, 2.05) is 0 Å². The van der Waals surface area contributed by atoms with Crippen LogP contribution in [0.1, 0.15) is 18.9 Å². The SMILES string of the molecule is C/C=C1/C(OC2OC(CO)C(O)C(O)C2O)OC=C(C(=O)OC)C1CC(=O)OCC1OC(OCCc2ccc(O)cc2)C(O)C(O)C1O. The maximum absolute atomic E-state index is 13.1. The van der Waals surface area contributed by atoms with E-state index < -0.39 is 105 Å². The van der Waals surface area contributed by atoms with Gasteiger partial charge in [-0.2, -0.15) is 0 Å². The highest BCUT2D eigenvalue weighted by molar-refractivity contribution is 5.90. The van der Waals surface area contributed by atoms with Crippen molar-refractivity contribution in [3.05, 3.63) is 53.3 Å². The third-order valence-electron chi connectivity index (χ3n) is 8.29. The van der Waals surface area contributed by atoms with Crippen molar-refractivity contribution in [1.29, 1.82) is 0 Å². The summed E-state index contributed by atoms with van der Waals surface area (Å²) in [4.78, 5) is 25.7. The van der Waals surface area contributed by atoms with E-state index in [0.29, 0.717) is 6.42 Å². The smallest absolute Gasteiger partial charge is 0.337 e. The number of hydrogen-bond donors (Lipinski definition) is 8. The number of aliphatic hydroxyl groups excluding tert-OH is 7. The molecule has 0 amide bonds. The number of allylic oxidation sites excluding steroid dienone is 1. The number of hydrogen-bond acceptors (Lipinski definition) is 17. The normalized spacial score (nSPS) is 36.2. The molecule has 0 spiro atoms. The van der Waals surface area contributed by atoms with E-state index >= 15 is 0 Å². The van der Waals surface area contributed by atoms with Gasteiger partial charge < -0.3 is 74.0 Å². The predicted octanol–water partition coefficient (Wildman–Crippen LogP) is -2.52. The summed E-state index contributed by atoms with van der Waals surface area (Å²) in [5, 5.41) is 80.8. The van der Waals surface area contributed by atoms with E-state index in [-0.39, 0.29) is 23.5 Å². The molecule has 0 aromatic heterocycles. The number of carbonyl (C=O) groups is 2. The zero-order valence-corrected chi connectivity index (χ0v) is 26.2. The number of rotatable bonds is 12. The molecule has 0 bridgehead atoms. The van der Waals surface area contributed by atoms with E-state index in [0.717, 1.165) is 18.9 Å². The lowest BCUT2D eigenvalue weighted by molar-refractivity contribution is -0.327. The van der Waals surface area contributed by atoms with Crippen LogP contribution < -0.4 is 0 Å². The number of carbonyl (C=O) groups excluding carboxylic acids is 2. The second-order valence-corrected chi connectivity index (χ2v) is 11.4. The monoisotopic (exact) mass is 686 g/mol. The molecule has 12 unspecified atom stereocenters. The molecule has 0 aliphatic carbocycles. The molecule has 0 radical (unpaired) electrons. The van der Waals surface area contributed by atoms with Gasteiger partial charge in [-0.15, -0.1) is 0 Å². The van der Waals surface area contributed by atoms with Gasteiger partial charge in [0.15, 0.2) is 12.6 Å². The van der Waals surface area contributed by atoms with Crippen LogP contribution in [0.5, 0.6) is 5.75 Å². The summed E-state index contributed by atoms with van der Waals surface area (Å²) in [7, 11) is 1.12. The van der Waals surface area contributed by atoms with Gasteiger partial charge in [0.2, 0.25) is 6.29 Å².